The van der Waals surface area contributed by atoms with Crippen LogP contribution in [-0.2, 0) is 0 Å². The summed E-state index contributed by atoms with van der Waals surface area (Å²) in [6.45, 7) is 2.18. The molecule has 3 heterocycles. The van der Waals surface area contributed by atoms with E-state index in [1.54, 1.807) is 0 Å². The Kier molecular flexibility index (Phi) is 4.91. The van der Waals surface area contributed by atoms with E-state index in [1.807, 2.05) is 24.3 Å². The van der Waals surface area contributed by atoms with Crippen molar-refractivity contribution >= 4 is 63.7 Å². The Morgan fingerprint density at radius 1 is 0.585 bits per heavy atom. The van der Waals surface area contributed by atoms with E-state index in [1.165, 1.54) is 27.0 Å². The van der Waals surface area contributed by atoms with Gasteiger partial charge in [0.25, 0.3) is 0 Å². The van der Waals surface area contributed by atoms with E-state index < -0.39 is 19.8 Å². The van der Waals surface area contributed by atoms with Crippen LogP contribution in [0.15, 0.2) is 136 Å². The van der Waals surface area contributed by atoms with Crippen LogP contribution in [0, 0.1) is 10.7 Å². The van der Waals surface area contributed by atoms with Crippen LogP contribution in [0.2, 0.25) is 0 Å². The molecule has 0 N–H and O–H groups in total. The van der Waals surface area contributed by atoms with Crippen LogP contribution in [0.4, 0.5) is 0 Å². The van der Waals surface area contributed by atoms with Crippen LogP contribution in [0.3, 0.4) is 0 Å². The van der Waals surface area contributed by atoms with Crippen LogP contribution in [-0.4, -0.2) is 5.60 Å². The van der Waals surface area contributed by atoms with Crippen molar-refractivity contribution in [2.45, 2.75) is 18.4 Å². The second-order valence-corrected chi connectivity index (χ2v) is 16.3. The third kappa shape index (κ3) is 3.50. The van der Waals surface area contributed by atoms with Crippen LogP contribution < -0.4 is 4.74 Å². The summed E-state index contributed by atoms with van der Waals surface area (Å²) < 4.78 is 23.0. The van der Waals surface area contributed by atoms with E-state index in [4.69, 9.17) is 13.6 Å². The van der Waals surface area contributed by atoms with Gasteiger partial charge in [-0.15, -0.1) is 0 Å². The van der Waals surface area contributed by atoms with Gasteiger partial charge in [0.1, 0.15) is 0 Å². The van der Waals surface area contributed by atoms with Crippen LogP contribution in [0.5, 0.6) is 5.75 Å². The molecule has 1 aliphatic heterocycles. The molecule has 2 unspecified atom stereocenters. The third-order valence-electron chi connectivity index (χ3n) is 8.43. The van der Waals surface area contributed by atoms with Crippen molar-refractivity contribution in [2.24, 2.45) is 0 Å². The van der Waals surface area contributed by atoms with E-state index >= 15 is 0 Å². The molecular formula is C37H25IO3. The maximum atomic E-state index is 6.49. The zero-order valence-electron chi connectivity index (χ0n) is 22.3. The van der Waals surface area contributed by atoms with E-state index in [2.05, 4.69) is 110 Å². The first kappa shape index (κ1) is 23.4. The van der Waals surface area contributed by atoms with Gasteiger partial charge < -0.3 is 0 Å². The molecule has 198 valence electrons. The zero-order valence-corrected chi connectivity index (χ0v) is 24.5. The molecule has 0 bridgehead atoms. The van der Waals surface area contributed by atoms with Gasteiger partial charge in [0.05, 0.1) is 0 Å². The SMILES string of the molecule is CC12C=CC=CC1c1cc(I(c3ccc4oc5ccccc5c4c3)c3ccc4oc5ccccc5c4c3)ccc1O2. The van der Waals surface area contributed by atoms with Gasteiger partial charge in [0.15, 0.2) is 0 Å². The molecule has 0 saturated carbocycles. The van der Waals surface area contributed by atoms with Gasteiger partial charge >= 0.3 is 245 Å². The van der Waals surface area contributed by atoms with E-state index in [-0.39, 0.29) is 11.5 Å². The molecule has 2 aromatic heterocycles. The summed E-state index contributed by atoms with van der Waals surface area (Å²) in [5.41, 5.74) is 4.66. The molecule has 4 heteroatoms. The number of allylic oxidation sites excluding steroid dienone is 2. The number of fused-ring (bicyclic) bond motifs is 9. The molecule has 41 heavy (non-hydrogen) atoms. The van der Waals surface area contributed by atoms with Gasteiger partial charge in [-0.25, -0.2) is 0 Å². The second-order valence-electron chi connectivity index (χ2n) is 11.0. The van der Waals surface area contributed by atoms with E-state index in [9.17, 15) is 0 Å². The summed E-state index contributed by atoms with van der Waals surface area (Å²) >= 11 is -2.17. The van der Waals surface area contributed by atoms with Crippen molar-refractivity contribution in [3.05, 3.63) is 144 Å². The van der Waals surface area contributed by atoms with Crippen LogP contribution in [0.25, 0.3) is 43.9 Å². The summed E-state index contributed by atoms with van der Waals surface area (Å²) in [6.07, 6.45) is 8.70. The predicted molar refractivity (Wildman–Crippen MR) is 174 cm³/mol. The average Bonchev–Trinajstić information content (AvgIpc) is 3.65. The standard InChI is InChI=1S/C37H25IO3/c1-37-19-7-6-10-31(37)30-22-25(15-18-36(30)41-37)38(23-13-16-34-28(20-23)26-8-2-4-11-32(26)39-34)24-14-17-35-29(21-24)27-9-3-5-12-33(27)40-35/h2-22,31H,1H3. The molecule has 0 radical (unpaired) electrons. The summed E-state index contributed by atoms with van der Waals surface area (Å²) in [4.78, 5) is 0. The molecule has 0 fully saturated rings. The minimum atomic E-state index is -2.17. The first-order valence-electron chi connectivity index (χ1n) is 13.9. The zero-order chi connectivity index (χ0) is 27.1. The predicted octanol–water partition coefficient (Wildman–Crippen LogP) is 10.3. The van der Waals surface area contributed by atoms with Crippen molar-refractivity contribution in [3.63, 3.8) is 0 Å². The number of hydrogen-bond acceptors (Lipinski definition) is 3. The first-order chi connectivity index (χ1) is 20.1. The van der Waals surface area contributed by atoms with Crippen molar-refractivity contribution < 1.29 is 13.6 Å². The fourth-order valence-electron chi connectivity index (χ4n) is 6.45. The molecule has 0 saturated heterocycles. The van der Waals surface area contributed by atoms with Crippen molar-refractivity contribution in [3.8, 4) is 5.75 Å². The van der Waals surface area contributed by atoms with Gasteiger partial charge in [-0.2, -0.15) is 0 Å². The van der Waals surface area contributed by atoms with Crippen molar-refractivity contribution in [1.29, 1.82) is 0 Å². The molecule has 9 rings (SSSR count). The van der Waals surface area contributed by atoms with Gasteiger partial charge in [-0.05, 0) is 0 Å². The molecule has 1 aliphatic carbocycles. The Balaban J connectivity index is 1.28. The van der Waals surface area contributed by atoms with Gasteiger partial charge in [0.2, 0.25) is 0 Å². The van der Waals surface area contributed by atoms with Gasteiger partial charge in [0, 0.05) is 0 Å². The molecular weight excluding hydrogens is 619 g/mol. The molecule has 2 aliphatic rings. The number of ether oxygens (including phenoxy) is 1. The van der Waals surface area contributed by atoms with Crippen molar-refractivity contribution in [1.82, 2.24) is 0 Å². The summed E-state index contributed by atoms with van der Waals surface area (Å²) in [6, 6.07) is 37.2. The molecule has 0 spiro atoms. The maximum absolute atomic E-state index is 6.49. The Hall–Kier alpha value is -4.29. The molecule has 0 amide bonds. The fraction of sp³-hybridized carbons (Fsp3) is 0.0811. The summed E-state index contributed by atoms with van der Waals surface area (Å²) in [5.74, 6) is 1.20. The van der Waals surface area contributed by atoms with Gasteiger partial charge in [-0.3, -0.25) is 0 Å². The Morgan fingerprint density at radius 3 is 1.80 bits per heavy atom. The Bertz CT molecular complexity index is 2120. The normalized spacial score (nSPS) is 19.6. The first-order valence-corrected chi connectivity index (χ1v) is 17.1. The average molecular weight is 645 g/mol. The summed E-state index contributed by atoms with van der Waals surface area (Å²) in [5, 5.41) is 4.67. The second kappa shape index (κ2) is 8.60. The monoisotopic (exact) mass is 644 g/mol. The number of benzene rings is 5. The third-order valence-corrected chi connectivity index (χ3v) is 14.2. The fourth-order valence-corrected chi connectivity index (χ4v) is 12.1. The quantitative estimate of drug-likeness (QED) is 0.180. The van der Waals surface area contributed by atoms with Crippen LogP contribution in [0.1, 0.15) is 18.4 Å². The summed E-state index contributed by atoms with van der Waals surface area (Å²) in [7, 11) is 0. The Labute approximate surface area is 244 Å². The molecule has 7 aromatic rings. The van der Waals surface area contributed by atoms with E-state index in [0.717, 1.165) is 38.9 Å². The van der Waals surface area contributed by atoms with E-state index in [0.29, 0.717) is 0 Å². The number of halogens is 1. The van der Waals surface area contributed by atoms with Crippen LogP contribution >= 0.6 is 19.8 Å². The number of rotatable bonds is 3. The van der Waals surface area contributed by atoms with Crippen molar-refractivity contribution in [2.75, 3.05) is 0 Å². The topological polar surface area (TPSA) is 35.5 Å². The Morgan fingerprint density at radius 2 is 1.15 bits per heavy atom. The van der Waals surface area contributed by atoms with Gasteiger partial charge in [-0.1, -0.05) is 0 Å². The molecule has 2 atom stereocenters. The number of para-hydroxylation sites is 2. The molecule has 3 nitrogen and oxygen atoms in total. The minimum absolute atomic E-state index is 0.209. The molecule has 5 aromatic carbocycles. The number of furan rings is 2. The number of hydrogen-bond donors (Lipinski definition) is 0.